The highest BCUT2D eigenvalue weighted by Gasteiger charge is 2.25. The first-order chi connectivity index (χ1) is 6.27. The molecule has 1 rings (SSSR count). The van der Waals surface area contributed by atoms with E-state index in [1.807, 2.05) is 0 Å². The zero-order chi connectivity index (χ0) is 9.68. The van der Waals surface area contributed by atoms with Crippen molar-refractivity contribution >= 4 is 5.97 Å². The number of esters is 1. The van der Waals surface area contributed by atoms with Gasteiger partial charge in [0.2, 0.25) is 0 Å². The molecule has 0 saturated carbocycles. The fraction of sp³-hybridized carbons (Fsp3) is 0.778. The van der Waals surface area contributed by atoms with Crippen LogP contribution in [-0.4, -0.2) is 30.6 Å². The van der Waals surface area contributed by atoms with E-state index in [2.05, 4.69) is 6.19 Å². The third-order valence-corrected chi connectivity index (χ3v) is 2.18. The van der Waals surface area contributed by atoms with Crippen molar-refractivity contribution in [3.63, 3.8) is 0 Å². The molecule has 1 heterocycles. The average Bonchev–Trinajstić information content (AvgIpc) is 2.18. The lowest BCUT2D eigenvalue weighted by molar-refractivity contribution is -0.149. The second-order valence-corrected chi connectivity index (χ2v) is 3.14. The number of rotatable bonds is 2. The third-order valence-electron chi connectivity index (χ3n) is 2.18. The van der Waals surface area contributed by atoms with Crippen molar-refractivity contribution in [1.82, 2.24) is 4.90 Å². The van der Waals surface area contributed by atoms with Crippen molar-refractivity contribution in [2.75, 3.05) is 19.7 Å². The van der Waals surface area contributed by atoms with Crippen molar-refractivity contribution in [3.8, 4) is 6.19 Å². The molecule has 72 valence electrons. The van der Waals surface area contributed by atoms with Crippen molar-refractivity contribution in [2.45, 2.75) is 19.8 Å². The smallest absolute Gasteiger partial charge is 0.310 e. The van der Waals surface area contributed by atoms with Gasteiger partial charge in [-0.15, -0.1) is 0 Å². The molecule has 0 spiro atoms. The van der Waals surface area contributed by atoms with Gasteiger partial charge in [-0.1, -0.05) is 0 Å². The molecule has 0 aromatic carbocycles. The maximum atomic E-state index is 11.3. The van der Waals surface area contributed by atoms with Crippen LogP contribution in [0.4, 0.5) is 0 Å². The summed E-state index contributed by atoms with van der Waals surface area (Å²) >= 11 is 0. The van der Waals surface area contributed by atoms with E-state index in [4.69, 9.17) is 10.00 Å². The molecule has 1 saturated heterocycles. The standard InChI is InChI=1S/C9H14N2O2/c1-2-13-9(12)8-4-3-5-11(6-8)7-10/h8H,2-6H2,1H3. The summed E-state index contributed by atoms with van der Waals surface area (Å²) in [5, 5.41) is 8.64. The lowest BCUT2D eigenvalue weighted by atomic mass is 9.99. The first-order valence-corrected chi connectivity index (χ1v) is 4.59. The molecule has 1 atom stereocenters. The van der Waals surface area contributed by atoms with Crippen molar-refractivity contribution in [3.05, 3.63) is 0 Å². The molecule has 1 aliphatic heterocycles. The van der Waals surface area contributed by atoms with Crippen LogP contribution in [0.1, 0.15) is 19.8 Å². The molecule has 0 bridgehead atoms. The van der Waals surface area contributed by atoms with E-state index in [1.165, 1.54) is 0 Å². The molecule has 0 N–H and O–H groups in total. The molecule has 1 aliphatic rings. The van der Waals surface area contributed by atoms with Crippen LogP contribution in [0.3, 0.4) is 0 Å². The zero-order valence-electron chi connectivity index (χ0n) is 7.82. The van der Waals surface area contributed by atoms with Gasteiger partial charge in [-0.25, -0.2) is 0 Å². The van der Waals surface area contributed by atoms with Crippen molar-refractivity contribution in [1.29, 1.82) is 5.26 Å². The van der Waals surface area contributed by atoms with E-state index >= 15 is 0 Å². The number of hydrogen-bond donors (Lipinski definition) is 0. The monoisotopic (exact) mass is 182 g/mol. The highest BCUT2D eigenvalue weighted by Crippen LogP contribution is 2.16. The Balaban J connectivity index is 2.42. The molecule has 1 fully saturated rings. The van der Waals surface area contributed by atoms with Gasteiger partial charge >= 0.3 is 5.97 Å². The second-order valence-electron chi connectivity index (χ2n) is 3.14. The maximum Gasteiger partial charge on any atom is 0.310 e. The van der Waals surface area contributed by atoms with Gasteiger partial charge in [0.1, 0.15) is 0 Å². The summed E-state index contributed by atoms with van der Waals surface area (Å²) in [6, 6.07) is 0. The minimum Gasteiger partial charge on any atom is -0.466 e. The molecule has 0 aromatic rings. The SMILES string of the molecule is CCOC(=O)C1CCCN(C#N)C1. The number of ether oxygens (including phenoxy) is 1. The molecular formula is C9H14N2O2. The largest absolute Gasteiger partial charge is 0.466 e. The predicted molar refractivity (Wildman–Crippen MR) is 46.5 cm³/mol. The van der Waals surface area contributed by atoms with Crippen LogP contribution in [-0.2, 0) is 9.53 Å². The molecule has 13 heavy (non-hydrogen) atoms. The van der Waals surface area contributed by atoms with Crippen molar-refractivity contribution in [2.24, 2.45) is 5.92 Å². The van der Waals surface area contributed by atoms with E-state index in [1.54, 1.807) is 11.8 Å². The molecule has 0 radical (unpaired) electrons. The van der Waals surface area contributed by atoms with Gasteiger partial charge in [0.05, 0.1) is 12.5 Å². The zero-order valence-corrected chi connectivity index (χ0v) is 7.82. The number of nitriles is 1. The van der Waals surface area contributed by atoms with Gasteiger partial charge in [0.25, 0.3) is 0 Å². The highest BCUT2D eigenvalue weighted by atomic mass is 16.5. The van der Waals surface area contributed by atoms with Gasteiger partial charge in [-0.3, -0.25) is 4.79 Å². The summed E-state index contributed by atoms with van der Waals surface area (Å²) in [7, 11) is 0. The van der Waals surface area contributed by atoms with Gasteiger partial charge in [-0.2, -0.15) is 5.26 Å². The number of hydrogen-bond acceptors (Lipinski definition) is 4. The fourth-order valence-corrected chi connectivity index (χ4v) is 1.52. The lowest BCUT2D eigenvalue weighted by Gasteiger charge is -2.26. The molecule has 1 unspecified atom stereocenters. The van der Waals surface area contributed by atoms with Crippen LogP contribution in [0.5, 0.6) is 0 Å². The van der Waals surface area contributed by atoms with Crippen LogP contribution in [0.15, 0.2) is 0 Å². The molecule has 0 amide bonds. The van der Waals surface area contributed by atoms with Gasteiger partial charge in [0.15, 0.2) is 6.19 Å². The molecule has 0 aliphatic carbocycles. The Hall–Kier alpha value is -1.24. The van der Waals surface area contributed by atoms with Crippen LogP contribution in [0.25, 0.3) is 0 Å². The minimum atomic E-state index is -0.164. The fourth-order valence-electron chi connectivity index (χ4n) is 1.52. The molecule has 0 aromatic heterocycles. The van der Waals surface area contributed by atoms with Crippen LogP contribution >= 0.6 is 0 Å². The van der Waals surface area contributed by atoms with E-state index in [9.17, 15) is 4.79 Å². The van der Waals surface area contributed by atoms with Crippen LogP contribution in [0, 0.1) is 17.4 Å². The normalized spacial score (nSPS) is 22.2. The van der Waals surface area contributed by atoms with Gasteiger partial charge < -0.3 is 9.64 Å². The van der Waals surface area contributed by atoms with E-state index in [0.29, 0.717) is 13.2 Å². The first-order valence-electron chi connectivity index (χ1n) is 4.59. The third kappa shape index (κ3) is 2.62. The highest BCUT2D eigenvalue weighted by molar-refractivity contribution is 5.72. The van der Waals surface area contributed by atoms with Gasteiger partial charge in [0, 0.05) is 13.1 Å². The number of nitrogens with zero attached hydrogens (tertiary/aromatic N) is 2. The summed E-state index contributed by atoms with van der Waals surface area (Å²) in [4.78, 5) is 12.9. The summed E-state index contributed by atoms with van der Waals surface area (Å²) in [6.45, 7) is 3.51. The second kappa shape index (κ2) is 4.70. The summed E-state index contributed by atoms with van der Waals surface area (Å²) in [6.07, 6.45) is 3.80. The number of carbonyl (C=O) groups is 1. The number of piperidine rings is 1. The van der Waals surface area contributed by atoms with Crippen LogP contribution < -0.4 is 0 Å². The molecule has 4 nitrogen and oxygen atoms in total. The quantitative estimate of drug-likeness (QED) is 0.467. The van der Waals surface area contributed by atoms with Crippen molar-refractivity contribution < 1.29 is 9.53 Å². The summed E-state index contributed by atoms with van der Waals surface area (Å²) in [5.74, 6) is -0.268. The average molecular weight is 182 g/mol. The number of likely N-dealkylation sites (tertiary alicyclic amines) is 1. The summed E-state index contributed by atoms with van der Waals surface area (Å²) < 4.78 is 4.90. The lowest BCUT2D eigenvalue weighted by Crippen LogP contribution is -2.36. The van der Waals surface area contributed by atoms with E-state index < -0.39 is 0 Å². The Kier molecular flexibility index (Phi) is 3.56. The van der Waals surface area contributed by atoms with Crippen LogP contribution in [0.2, 0.25) is 0 Å². The molecule has 4 heteroatoms. The Bertz CT molecular complexity index is 222. The Morgan fingerprint density at radius 1 is 1.77 bits per heavy atom. The van der Waals surface area contributed by atoms with E-state index in [-0.39, 0.29) is 11.9 Å². The summed E-state index contributed by atoms with van der Waals surface area (Å²) in [5.41, 5.74) is 0. The first kappa shape index (κ1) is 9.85. The Morgan fingerprint density at radius 3 is 3.15 bits per heavy atom. The Morgan fingerprint density at radius 2 is 2.54 bits per heavy atom. The number of carbonyl (C=O) groups excluding carboxylic acids is 1. The predicted octanol–water partition coefficient (Wildman–Crippen LogP) is 0.743. The van der Waals surface area contributed by atoms with Gasteiger partial charge in [-0.05, 0) is 19.8 Å². The maximum absolute atomic E-state index is 11.3. The minimum absolute atomic E-state index is 0.103. The molecular weight excluding hydrogens is 168 g/mol. The Labute approximate surface area is 78.1 Å². The topological polar surface area (TPSA) is 53.3 Å². The van der Waals surface area contributed by atoms with E-state index in [0.717, 1.165) is 19.4 Å².